The van der Waals surface area contributed by atoms with Gasteiger partial charge in [-0.05, 0) is 54.7 Å². The van der Waals surface area contributed by atoms with Crippen LogP contribution < -0.4 is 14.4 Å². The first-order valence-corrected chi connectivity index (χ1v) is 17.8. The maximum absolute atomic E-state index is 14.1. The van der Waals surface area contributed by atoms with E-state index in [0.29, 0.717) is 17.9 Å². The van der Waals surface area contributed by atoms with Crippen molar-refractivity contribution in [2.75, 3.05) is 24.2 Å². The van der Waals surface area contributed by atoms with Crippen LogP contribution in [0.25, 0.3) is 0 Å². The molecule has 0 bridgehead atoms. The smallest absolute Gasteiger partial charge is 0.243 e. The van der Waals surface area contributed by atoms with E-state index < -0.39 is 16.1 Å². The van der Waals surface area contributed by atoms with Gasteiger partial charge < -0.3 is 15.0 Å². The molecule has 1 aliphatic carbocycles. The first-order chi connectivity index (χ1) is 21.2. The molecule has 0 aromatic heterocycles. The maximum Gasteiger partial charge on any atom is 0.243 e. The second-order valence-corrected chi connectivity index (χ2v) is 14.1. The summed E-state index contributed by atoms with van der Waals surface area (Å²) in [5.74, 6) is 0.0718. The molecule has 4 rings (SSSR count). The van der Waals surface area contributed by atoms with Gasteiger partial charge in [-0.2, -0.15) is 0 Å². The first kappa shape index (κ1) is 33.5. The van der Waals surface area contributed by atoms with Gasteiger partial charge in [-0.3, -0.25) is 13.9 Å². The first-order valence-electron chi connectivity index (χ1n) is 15.1. The number of carbonyl (C=O) groups is 2. The Morgan fingerprint density at radius 1 is 0.932 bits per heavy atom. The maximum atomic E-state index is 14.1. The Morgan fingerprint density at radius 2 is 1.59 bits per heavy atom. The Morgan fingerprint density at radius 3 is 2.25 bits per heavy atom. The van der Waals surface area contributed by atoms with Crippen molar-refractivity contribution in [2.24, 2.45) is 0 Å². The topological polar surface area (TPSA) is 96.0 Å². The van der Waals surface area contributed by atoms with Gasteiger partial charge in [-0.25, -0.2) is 8.42 Å². The lowest BCUT2D eigenvalue weighted by Gasteiger charge is -2.34. The van der Waals surface area contributed by atoms with Crippen LogP contribution in [-0.4, -0.2) is 57.1 Å². The Balaban J connectivity index is 1.59. The van der Waals surface area contributed by atoms with Crippen molar-refractivity contribution < 1.29 is 22.7 Å². The van der Waals surface area contributed by atoms with Crippen LogP contribution in [0.5, 0.6) is 5.75 Å². The van der Waals surface area contributed by atoms with Gasteiger partial charge >= 0.3 is 0 Å². The normalized spacial score (nSPS) is 14.4. The predicted molar refractivity (Wildman–Crippen MR) is 178 cm³/mol. The van der Waals surface area contributed by atoms with Gasteiger partial charge in [0.1, 0.15) is 11.8 Å². The molecule has 3 aromatic rings. The second kappa shape index (κ2) is 16.1. The minimum absolute atomic E-state index is 0.0691. The summed E-state index contributed by atoms with van der Waals surface area (Å²) in [6, 6.07) is 23.8. The van der Waals surface area contributed by atoms with Crippen molar-refractivity contribution in [3.8, 4) is 5.75 Å². The van der Waals surface area contributed by atoms with Crippen LogP contribution >= 0.6 is 15.9 Å². The lowest BCUT2D eigenvalue weighted by atomic mass is 9.94. The van der Waals surface area contributed by atoms with E-state index in [1.54, 1.807) is 29.2 Å². The molecule has 1 N–H and O–H groups in total. The second-order valence-electron chi connectivity index (χ2n) is 11.3. The van der Waals surface area contributed by atoms with Gasteiger partial charge in [-0.1, -0.05) is 89.8 Å². The summed E-state index contributed by atoms with van der Waals surface area (Å²) in [7, 11) is -2.15. The average molecular weight is 685 g/mol. The van der Waals surface area contributed by atoms with Gasteiger partial charge in [0.25, 0.3) is 0 Å². The van der Waals surface area contributed by atoms with E-state index in [2.05, 4.69) is 21.2 Å². The van der Waals surface area contributed by atoms with E-state index in [4.69, 9.17) is 4.74 Å². The van der Waals surface area contributed by atoms with Crippen molar-refractivity contribution in [2.45, 2.75) is 70.0 Å². The minimum Gasteiger partial charge on any atom is -0.495 e. The SMILES string of the molecule is COc1ccccc1N(CCCC(=O)N(Cc1ccc(Br)cc1)C(Cc1ccccc1)C(=O)NC1CCCCC1)S(C)(=O)=O. The average Bonchev–Trinajstić information content (AvgIpc) is 3.02. The predicted octanol–water partition coefficient (Wildman–Crippen LogP) is 6.09. The van der Waals surface area contributed by atoms with E-state index in [1.165, 1.54) is 17.8 Å². The van der Waals surface area contributed by atoms with Gasteiger partial charge in [0.2, 0.25) is 21.8 Å². The number of halogens is 1. The third-order valence-corrected chi connectivity index (χ3v) is 9.70. The van der Waals surface area contributed by atoms with Crippen molar-refractivity contribution in [3.63, 3.8) is 0 Å². The number of hydrogen-bond donors (Lipinski definition) is 1. The molecule has 3 aromatic carbocycles. The van der Waals surface area contributed by atoms with E-state index in [0.717, 1.165) is 47.5 Å². The molecule has 1 atom stereocenters. The molecule has 236 valence electrons. The van der Waals surface area contributed by atoms with Crippen LogP contribution in [0.1, 0.15) is 56.1 Å². The fourth-order valence-corrected chi connectivity index (χ4v) is 6.94. The molecule has 8 nitrogen and oxygen atoms in total. The fraction of sp³-hybridized carbons (Fsp3) is 0.412. The summed E-state index contributed by atoms with van der Waals surface area (Å²) >= 11 is 3.48. The van der Waals surface area contributed by atoms with Crippen LogP contribution in [0.3, 0.4) is 0 Å². The molecule has 0 radical (unpaired) electrons. The van der Waals surface area contributed by atoms with Crippen molar-refractivity contribution in [1.82, 2.24) is 10.2 Å². The Kier molecular flexibility index (Phi) is 12.3. The number of para-hydroxylation sites is 2. The number of rotatable bonds is 14. The molecule has 1 unspecified atom stereocenters. The number of carbonyl (C=O) groups excluding carboxylic acids is 2. The number of nitrogens with zero attached hydrogens (tertiary/aromatic N) is 2. The molecule has 0 aliphatic heterocycles. The summed E-state index contributed by atoms with van der Waals surface area (Å²) in [6.45, 7) is 0.346. The van der Waals surface area contributed by atoms with E-state index in [-0.39, 0.29) is 43.8 Å². The summed E-state index contributed by atoms with van der Waals surface area (Å²) in [4.78, 5) is 29.7. The van der Waals surface area contributed by atoms with Gasteiger partial charge in [0, 0.05) is 36.4 Å². The number of nitrogens with one attached hydrogen (secondary N) is 1. The zero-order valence-electron chi connectivity index (χ0n) is 25.5. The molecule has 1 fully saturated rings. The highest BCUT2D eigenvalue weighted by molar-refractivity contribution is 9.10. The number of methoxy groups -OCH3 is 1. The molecule has 44 heavy (non-hydrogen) atoms. The largest absolute Gasteiger partial charge is 0.495 e. The standard InChI is InChI=1S/C34H42BrN3O5S/c1-43-32-17-10-9-16-30(32)38(44(2,41)42)23-11-18-33(39)37(25-27-19-21-28(35)22-20-27)31(24-26-12-5-3-6-13-26)34(40)36-29-14-7-4-8-15-29/h3,5-6,9-10,12-13,16-17,19-22,29,31H,4,7-8,11,14-15,18,23-25H2,1-2H3,(H,36,40). The van der Waals surface area contributed by atoms with Crippen molar-refractivity contribution >= 4 is 43.5 Å². The van der Waals surface area contributed by atoms with Gasteiger partial charge in [0.05, 0.1) is 19.1 Å². The van der Waals surface area contributed by atoms with E-state index >= 15 is 0 Å². The molecular formula is C34H42BrN3O5S. The Hall–Kier alpha value is -3.37. The molecule has 10 heteroatoms. The molecule has 0 spiro atoms. The number of anilines is 1. The zero-order chi connectivity index (χ0) is 31.5. The molecule has 0 heterocycles. The fourth-order valence-electron chi connectivity index (χ4n) is 5.70. The zero-order valence-corrected chi connectivity index (χ0v) is 27.9. The van der Waals surface area contributed by atoms with Crippen LogP contribution in [-0.2, 0) is 32.6 Å². The van der Waals surface area contributed by atoms with Gasteiger partial charge in [-0.15, -0.1) is 0 Å². The van der Waals surface area contributed by atoms with E-state index in [1.807, 2.05) is 54.6 Å². The summed E-state index contributed by atoms with van der Waals surface area (Å²) in [5, 5.41) is 3.26. The lowest BCUT2D eigenvalue weighted by molar-refractivity contribution is -0.141. The van der Waals surface area contributed by atoms with Crippen LogP contribution in [0.15, 0.2) is 83.3 Å². The summed E-state index contributed by atoms with van der Waals surface area (Å²) < 4.78 is 33.2. The lowest BCUT2D eigenvalue weighted by Crippen LogP contribution is -2.52. The molecule has 1 saturated carbocycles. The van der Waals surface area contributed by atoms with Crippen LogP contribution in [0.4, 0.5) is 5.69 Å². The molecule has 2 amide bonds. The van der Waals surface area contributed by atoms with Crippen molar-refractivity contribution in [3.05, 3.63) is 94.5 Å². The number of amides is 2. The third-order valence-electron chi connectivity index (χ3n) is 7.99. The third kappa shape index (κ3) is 9.56. The van der Waals surface area contributed by atoms with Gasteiger partial charge in [0.15, 0.2) is 0 Å². The summed E-state index contributed by atoms with van der Waals surface area (Å²) in [6.07, 6.45) is 7.07. The number of sulfonamides is 1. The minimum atomic E-state index is -3.65. The van der Waals surface area contributed by atoms with Crippen LogP contribution in [0, 0.1) is 0 Å². The van der Waals surface area contributed by atoms with E-state index in [9.17, 15) is 18.0 Å². The molecular weight excluding hydrogens is 642 g/mol. The highest BCUT2D eigenvalue weighted by Gasteiger charge is 2.32. The quantitative estimate of drug-likeness (QED) is 0.222. The highest BCUT2D eigenvalue weighted by Crippen LogP contribution is 2.30. The van der Waals surface area contributed by atoms with Crippen LogP contribution in [0.2, 0.25) is 0 Å². The number of ether oxygens (including phenoxy) is 1. The molecule has 1 aliphatic rings. The number of hydrogen-bond acceptors (Lipinski definition) is 5. The highest BCUT2D eigenvalue weighted by atomic mass is 79.9. The monoisotopic (exact) mass is 683 g/mol. The molecule has 0 saturated heterocycles. The Labute approximate surface area is 270 Å². The number of benzene rings is 3. The summed E-state index contributed by atoms with van der Waals surface area (Å²) in [5.41, 5.74) is 2.28. The Bertz CT molecular complexity index is 1480. The van der Waals surface area contributed by atoms with Crippen molar-refractivity contribution in [1.29, 1.82) is 0 Å².